The zero-order valence-electron chi connectivity index (χ0n) is 15.3. The van der Waals surface area contributed by atoms with Crippen LogP contribution in [0.3, 0.4) is 0 Å². The second-order valence-corrected chi connectivity index (χ2v) is 7.02. The molecule has 3 rings (SSSR count). The summed E-state index contributed by atoms with van der Waals surface area (Å²) in [7, 11) is 0. The molecule has 0 atom stereocenters. The number of carbonyl (C=O) groups excluding carboxylic acids is 1. The number of amides is 1. The van der Waals surface area contributed by atoms with Gasteiger partial charge in [-0.1, -0.05) is 46.9 Å². The first-order valence-electron chi connectivity index (χ1n) is 8.60. The molecule has 0 unspecified atom stereocenters. The topological polar surface area (TPSA) is 73.3 Å². The molecule has 9 heteroatoms. The lowest BCUT2D eigenvalue weighted by Gasteiger charge is -2.10. The predicted molar refractivity (Wildman–Crippen MR) is 114 cm³/mol. The minimum atomic E-state index is -0.347. The molecule has 29 heavy (non-hydrogen) atoms. The molecule has 2 aromatic carbocycles. The van der Waals surface area contributed by atoms with E-state index in [1.807, 2.05) is 25.1 Å². The van der Waals surface area contributed by atoms with E-state index >= 15 is 0 Å². The number of benzene rings is 2. The van der Waals surface area contributed by atoms with Crippen LogP contribution in [0.5, 0.6) is 11.6 Å². The maximum atomic E-state index is 12.1. The van der Waals surface area contributed by atoms with Gasteiger partial charge < -0.3 is 14.8 Å². The highest BCUT2D eigenvalue weighted by Crippen LogP contribution is 2.33. The summed E-state index contributed by atoms with van der Waals surface area (Å²) >= 11 is 17.8. The number of hydrogen-bond donors (Lipinski definition) is 1. The van der Waals surface area contributed by atoms with E-state index in [9.17, 15) is 4.79 Å². The van der Waals surface area contributed by atoms with Crippen LogP contribution >= 0.6 is 34.8 Å². The number of aromatic nitrogens is 2. The van der Waals surface area contributed by atoms with Crippen LogP contribution in [0, 0.1) is 0 Å². The average molecular weight is 453 g/mol. The van der Waals surface area contributed by atoms with E-state index in [1.165, 1.54) is 12.1 Å². The molecule has 0 fully saturated rings. The van der Waals surface area contributed by atoms with Gasteiger partial charge >= 0.3 is 0 Å². The lowest BCUT2D eigenvalue weighted by Crippen LogP contribution is -2.20. The van der Waals surface area contributed by atoms with E-state index < -0.39 is 0 Å². The minimum Gasteiger partial charge on any atom is -0.482 e. The molecule has 0 aliphatic rings. The van der Waals surface area contributed by atoms with Crippen molar-refractivity contribution in [2.75, 3.05) is 18.5 Å². The van der Waals surface area contributed by atoms with Crippen molar-refractivity contribution >= 4 is 46.4 Å². The Hall–Kier alpha value is -2.54. The molecule has 1 N–H and O–H groups in total. The van der Waals surface area contributed by atoms with Gasteiger partial charge in [-0.05, 0) is 31.2 Å². The van der Waals surface area contributed by atoms with E-state index in [0.717, 1.165) is 5.56 Å². The van der Waals surface area contributed by atoms with E-state index in [1.54, 1.807) is 18.2 Å². The third kappa shape index (κ3) is 5.73. The van der Waals surface area contributed by atoms with Gasteiger partial charge in [0.15, 0.2) is 6.61 Å². The Morgan fingerprint density at radius 3 is 2.31 bits per heavy atom. The van der Waals surface area contributed by atoms with Crippen LogP contribution in [0.25, 0.3) is 11.3 Å². The molecule has 0 aliphatic carbocycles. The molecule has 1 amide bonds. The Balaban J connectivity index is 1.58. The number of carbonyl (C=O) groups is 1. The zero-order valence-corrected chi connectivity index (χ0v) is 17.6. The summed E-state index contributed by atoms with van der Waals surface area (Å²) < 4.78 is 10.7. The molecule has 0 saturated carbocycles. The summed E-state index contributed by atoms with van der Waals surface area (Å²) in [4.78, 5) is 12.1. The predicted octanol–water partition coefficient (Wildman–Crippen LogP) is 5.52. The van der Waals surface area contributed by atoms with Crippen molar-refractivity contribution in [1.29, 1.82) is 0 Å². The van der Waals surface area contributed by atoms with E-state index in [4.69, 9.17) is 44.3 Å². The van der Waals surface area contributed by atoms with Gasteiger partial charge in [-0.15, -0.1) is 10.2 Å². The molecule has 6 nitrogen and oxygen atoms in total. The van der Waals surface area contributed by atoms with Gasteiger partial charge in [-0.2, -0.15) is 0 Å². The third-order valence-electron chi connectivity index (χ3n) is 3.73. The third-order valence-corrected chi connectivity index (χ3v) is 4.75. The van der Waals surface area contributed by atoms with Crippen molar-refractivity contribution in [2.45, 2.75) is 6.92 Å². The van der Waals surface area contributed by atoms with Crippen LogP contribution in [0.15, 0.2) is 48.5 Å². The summed E-state index contributed by atoms with van der Waals surface area (Å²) in [5.74, 6) is 0.406. The van der Waals surface area contributed by atoms with Crippen molar-refractivity contribution in [2.24, 2.45) is 0 Å². The fourth-order valence-electron chi connectivity index (χ4n) is 2.38. The van der Waals surface area contributed by atoms with Crippen molar-refractivity contribution in [3.63, 3.8) is 0 Å². The lowest BCUT2D eigenvalue weighted by molar-refractivity contribution is -0.118. The molecule has 0 bridgehead atoms. The quantitative estimate of drug-likeness (QED) is 0.478. The highest BCUT2D eigenvalue weighted by molar-refractivity contribution is 6.43. The van der Waals surface area contributed by atoms with Crippen LogP contribution in [0.1, 0.15) is 6.92 Å². The Labute approximate surface area is 182 Å². The summed E-state index contributed by atoms with van der Waals surface area (Å²) in [6, 6.07) is 13.7. The Morgan fingerprint density at radius 2 is 1.66 bits per heavy atom. The fourth-order valence-corrected chi connectivity index (χ4v) is 2.97. The molecule has 1 heterocycles. The summed E-state index contributed by atoms with van der Waals surface area (Å²) in [6.45, 7) is 2.18. The molecular formula is C20H16Cl3N3O3. The van der Waals surface area contributed by atoms with Gasteiger partial charge in [0.1, 0.15) is 5.75 Å². The number of hydrogen-bond acceptors (Lipinski definition) is 5. The number of anilines is 1. The first-order valence-corrected chi connectivity index (χ1v) is 9.74. The number of nitrogens with zero attached hydrogens (tertiary/aromatic N) is 2. The van der Waals surface area contributed by atoms with Crippen LogP contribution < -0.4 is 14.8 Å². The standard InChI is InChI=1S/C20H16Cl3N3O3/c1-2-28-20-8-7-17(25-26-20)12-3-5-13(6-4-12)24-19(27)11-29-18-10-15(22)14(21)9-16(18)23/h3-10H,2,11H2,1H3,(H,24,27). The van der Waals surface area contributed by atoms with Crippen LogP contribution in [-0.4, -0.2) is 29.3 Å². The number of rotatable bonds is 7. The van der Waals surface area contributed by atoms with Crippen molar-refractivity contribution in [3.8, 4) is 22.9 Å². The monoisotopic (exact) mass is 451 g/mol. The molecule has 0 radical (unpaired) electrons. The number of nitrogens with one attached hydrogen (secondary N) is 1. The lowest BCUT2D eigenvalue weighted by atomic mass is 10.1. The molecule has 150 valence electrons. The van der Waals surface area contributed by atoms with Crippen molar-refractivity contribution in [3.05, 3.63) is 63.6 Å². The summed E-state index contributed by atoms with van der Waals surface area (Å²) in [5.41, 5.74) is 2.17. The second-order valence-electron chi connectivity index (χ2n) is 5.80. The Kier molecular flexibility index (Phi) is 7.14. The molecular weight excluding hydrogens is 437 g/mol. The van der Waals surface area contributed by atoms with E-state index in [2.05, 4.69) is 15.5 Å². The van der Waals surface area contributed by atoms with Crippen LogP contribution in [-0.2, 0) is 4.79 Å². The smallest absolute Gasteiger partial charge is 0.262 e. The van der Waals surface area contributed by atoms with E-state index in [-0.39, 0.29) is 23.3 Å². The fraction of sp³-hybridized carbons (Fsp3) is 0.150. The molecule has 0 spiro atoms. The Morgan fingerprint density at radius 1 is 0.931 bits per heavy atom. The van der Waals surface area contributed by atoms with Gasteiger partial charge in [-0.25, -0.2) is 0 Å². The maximum Gasteiger partial charge on any atom is 0.262 e. The van der Waals surface area contributed by atoms with Gasteiger partial charge in [-0.3, -0.25) is 4.79 Å². The summed E-state index contributed by atoms with van der Waals surface area (Å²) in [6.07, 6.45) is 0. The van der Waals surface area contributed by atoms with E-state index in [0.29, 0.717) is 33.9 Å². The van der Waals surface area contributed by atoms with Crippen LogP contribution in [0.4, 0.5) is 5.69 Å². The van der Waals surface area contributed by atoms with Gasteiger partial charge in [0.25, 0.3) is 5.91 Å². The SMILES string of the molecule is CCOc1ccc(-c2ccc(NC(=O)COc3cc(Cl)c(Cl)cc3Cl)cc2)nn1. The second kappa shape index (κ2) is 9.78. The van der Waals surface area contributed by atoms with Gasteiger partial charge in [0.05, 0.1) is 27.4 Å². The van der Waals surface area contributed by atoms with Crippen molar-refractivity contribution in [1.82, 2.24) is 10.2 Å². The Bertz CT molecular complexity index is 996. The maximum absolute atomic E-state index is 12.1. The van der Waals surface area contributed by atoms with Gasteiger partial charge in [0.2, 0.25) is 5.88 Å². The molecule has 1 aromatic heterocycles. The molecule has 0 saturated heterocycles. The summed E-state index contributed by atoms with van der Waals surface area (Å²) in [5, 5.41) is 11.7. The van der Waals surface area contributed by atoms with Gasteiger partial charge in [0, 0.05) is 23.4 Å². The number of halogens is 3. The molecule has 3 aromatic rings. The largest absolute Gasteiger partial charge is 0.482 e. The first kappa shape index (κ1) is 21.2. The zero-order chi connectivity index (χ0) is 20.8. The first-order chi connectivity index (χ1) is 14.0. The highest BCUT2D eigenvalue weighted by atomic mass is 35.5. The van der Waals surface area contributed by atoms with Crippen LogP contribution in [0.2, 0.25) is 15.1 Å². The highest BCUT2D eigenvalue weighted by Gasteiger charge is 2.10. The molecule has 0 aliphatic heterocycles. The minimum absolute atomic E-state index is 0.232. The number of ether oxygens (including phenoxy) is 2. The van der Waals surface area contributed by atoms with Crippen molar-refractivity contribution < 1.29 is 14.3 Å². The normalized spacial score (nSPS) is 10.5. The average Bonchev–Trinajstić information content (AvgIpc) is 2.71.